The first-order valence-electron chi connectivity index (χ1n) is 6.88. The van der Waals surface area contributed by atoms with Crippen molar-refractivity contribution in [1.82, 2.24) is 5.32 Å². The van der Waals surface area contributed by atoms with Gasteiger partial charge >= 0.3 is 0 Å². The smallest absolute Gasteiger partial charge is 0.220 e. The van der Waals surface area contributed by atoms with Crippen LogP contribution in [0.5, 0.6) is 0 Å². The monoisotopic (exact) mass is 262 g/mol. The van der Waals surface area contributed by atoms with Crippen LogP contribution in [0.2, 0.25) is 0 Å². The molecule has 0 radical (unpaired) electrons. The van der Waals surface area contributed by atoms with E-state index in [4.69, 9.17) is 4.74 Å². The van der Waals surface area contributed by atoms with Gasteiger partial charge in [0.05, 0.1) is 12.7 Å². The molecule has 1 aromatic carbocycles. The highest BCUT2D eigenvalue weighted by molar-refractivity contribution is 5.78. The van der Waals surface area contributed by atoms with Gasteiger partial charge in [-0.1, -0.05) is 18.2 Å². The summed E-state index contributed by atoms with van der Waals surface area (Å²) in [6.07, 6.45) is 0.744. The number of nitrogens with one attached hydrogen (secondary N) is 2. The summed E-state index contributed by atoms with van der Waals surface area (Å²) in [7, 11) is 0. The molecule has 0 aliphatic carbocycles. The van der Waals surface area contributed by atoms with Gasteiger partial charge in [-0.05, 0) is 25.5 Å². The van der Waals surface area contributed by atoms with Crippen molar-refractivity contribution < 1.29 is 9.53 Å². The summed E-state index contributed by atoms with van der Waals surface area (Å²) in [6, 6.07) is 8.18. The van der Waals surface area contributed by atoms with Gasteiger partial charge in [0.25, 0.3) is 0 Å². The highest BCUT2D eigenvalue weighted by Gasteiger charge is 2.23. The number of hydrogen-bond donors (Lipinski definition) is 2. The maximum atomic E-state index is 11.9. The second kappa shape index (κ2) is 6.57. The molecule has 1 aromatic rings. The Morgan fingerprint density at radius 3 is 3.05 bits per heavy atom. The van der Waals surface area contributed by atoms with Gasteiger partial charge in [0.2, 0.25) is 5.91 Å². The van der Waals surface area contributed by atoms with Crippen LogP contribution in [0.1, 0.15) is 31.7 Å². The van der Waals surface area contributed by atoms with E-state index in [1.54, 1.807) is 0 Å². The zero-order valence-corrected chi connectivity index (χ0v) is 11.6. The summed E-state index contributed by atoms with van der Waals surface area (Å²) in [5.74, 6) is 0.373. The quantitative estimate of drug-likeness (QED) is 0.772. The normalized spacial score (nSPS) is 17.1. The summed E-state index contributed by atoms with van der Waals surface area (Å²) in [5.41, 5.74) is 2.40. The van der Waals surface area contributed by atoms with Crippen LogP contribution in [0, 0.1) is 0 Å². The minimum atomic E-state index is 0.0934. The molecule has 1 aliphatic heterocycles. The molecule has 1 amide bonds. The first-order valence-corrected chi connectivity index (χ1v) is 6.88. The number of rotatable bonds is 6. The molecule has 19 heavy (non-hydrogen) atoms. The third kappa shape index (κ3) is 3.96. The summed E-state index contributed by atoms with van der Waals surface area (Å²) in [4.78, 5) is 11.9. The fourth-order valence-electron chi connectivity index (χ4n) is 2.32. The second-order valence-corrected chi connectivity index (χ2v) is 5.14. The van der Waals surface area contributed by atoms with Gasteiger partial charge in [0.1, 0.15) is 0 Å². The summed E-state index contributed by atoms with van der Waals surface area (Å²) >= 11 is 0. The Hall–Kier alpha value is -1.55. The van der Waals surface area contributed by atoms with Gasteiger partial charge in [-0.2, -0.15) is 0 Å². The van der Waals surface area contributed by atoms with E-state index in [-0.39, 0.29) is 17.9 Å². The fraction of sp³-hybridized carbons (Fsp3) is 0.533. The number of carbonyl (C=O) groups is 1. The van der Waals surface area contributed by atoms with E-state index in [0.717, 1.165) is 12.2 Å². The van der Waals surface area contributed by atoms with Crippen molar-refractivity contribution in [2.45, 2.75) is 32.3 Å². The van der Waals surface area contributed by atoms with Crippen LogP contribution in [0.25, 0.3) is 0 Å². The SMILES string of the molecule is CC(C)OCCNC(=O)CC1CNc2ccccc21. The van der Waals surface area contributed by atoms with Crippen molar-refractivity contribution in [1.29, 1.82) is 0 Å². The van der Waals surface area contributed by atoms with Crippen molar-refractivity contribution in [3.63, 3.8) is 0 Å². The van der Waals surface area contributed by atoms with Crippen LogP contribution in [-0.4, -0.2) is 31.7 Å². The molecule has 1 aliphatic rings. The predicted molar refractivity (Wildman–Crippen MR) is 76.4 cm³/mol. The average molecular weight is 262 g/mol. The molecule has 0 saturated carbocycles. The highest BCUT2D eigenvalue weighted by atomic mass is 16.5. The molecule has 1 atom stereocenters. The van der Waals surface area contributed by atoms with E-state index >= 15 is 0 Å². The second-order valence-electron chi connectivity index (χ2n) is 5.14. The van der Waals surface area contributed by atoms with Crippen LogP contribution in [0.3, 0.4) is 0 Å². The fourth-order valence-corrected chi connectivity index (χ4v) is 2.32. The Bertz CT molecular complexity index is 432. The summed E-state index contributed by atoms with van der Waals surface area (Å²) in [6.45, 7) is 5.98. The molecule has 0 spiro atoms. The Balaban J connectivity index is 1.75. The van der Waals surface area contributed by atoms with Gasteiger partial charge in [-0.15, -0.1) is 0 Å². The van der Waals surface area contributed by atoms with Crippen LogP contribution >= 0.6 is 0 Å². The molecule has 0 aromatic heterocycles. The number of hydrogen-bond acceptors (Lipinski definition) is 3. The molecule has 104 valence electrons. The largest absolute Gasteiger partial charge is 0.384 e. The van der Waals surface area contributed by atoms with E-state index in [0.29, 0.717) is 19.6 Å². The number of amides is 1. The van der Waals surface area contributed by atoms with Gasteiger partial charge in [0.15, 0.2) is 0 Å². The zero-order chi connectivity index (χ0) is 13.7. The van der Waals surface area contributed by atoms with E-state index in [1.165, 1.54) is 5.56 Å². The van der Waals surface area contributed by atoms with Crippen LogP contribution < -0.4 is 10.6 Å². The van der Waals surface area contributed by atoms with E-state index in [2.05, 4.69) is 22.8 Å². The van der Waals surface area contributed by atoms with Gasteiger partial charge in [-0.3, -0.25) is 4.79 Å². The molecule has 2 rings (SSSR count). The van der Waals surface area contributed by atoms with Crippen molar-refractivity contribution in [3.05, 3.63) is 29.8 Å². The van der Waals surface area contributed by atoms with Gasteiger partial charge in [-0.25, -0.2) is 0 Å². The zero-order valence-electron chi connectivity index (χ0n) is 11.6. The molecule has 4 nitrogen and oxygen atoms in total. The molecule has 0 fully saturated rings. The average Bonchev–Trinajstić information content (AvgIpc) is 2.78. The maximum absolute atomic E-state index is 11.9. The van der Waals surface area contributed by atoms with Gasteiger partial charge in [0, 0.05) is 31.1 Å². The van der Waals surface area contributed by atoms with E-state index in [9.17, 15) is 4.79 Å². The lowest BCUT2D eigenvalue weighted by Crippen LogP contribution is -2.29. The van der Waals surface area contributed by atoms with Crippen molar-refractivity contribution >= 4 is 11.6 Å². The molecule has 2 N–H and O–H groups in total. The molecule has 0 bridgehead atoms. The van der Waals surface area contributed by atoms with Crippen LogP contribution in [0.15, 0.2) is 24.3 Å². The van der Waals surface area contributed by atoms with Crippen molar-refractivity contribution in [2.24, 2.45) is 0 Å². The Labute approximate surface area is 114 Å². The van der Waals surface area contributed by atoms with Crippen LogP contribution in [-0.2, 0) is 9.53 Å². The highest BCUT2D eigenvalue weighted by Crippen LogP contribution is 2.32. The number of carbonyl (C=O) groups excluding carboxylic acids is 1. The summed E-state index contributed by atoms with van der Waals surface area (Å²) in [5, 5.41) is 6.24. The standard InChI is InChI=1S/C15H22N2O2/c1-11(2)19-8-7-16-15(18)9-12-10-17-14-6-4-3-5-13(12)14/h3-6,11-12,17H,7-10H2,1-2H3,(H,16,18). The number of ether oxygens (including phenoxy) is 1. The lowest BCUT2D eigenvalue weighted by Gasteiger charge is -2.11. The van der Waals surface area contributed by atoms with Crippen molar-refractivity contribution in [3.8, 4) is 0 Å². The van der Waals surface area contributed by atoms with Crippen LogP contribution in [0.4, 0.5) is 5.69 Å². The topological polar surface area (TPSA) is 50.4 Å². The lowest BCUT2D eigenvalue weighted by atomic mass is 9.98. The number of benzene rings is 1. The lowest BCUT2D eigenvalue weighted by molar-refractivity contribution is -0.121. The number of fused-ring (bicyclic) bond motifs is 1. The Kier molecular flexibility index (Phi) is 4.80. The number of anilines is 1. The maximum Gasteiger partial charge on any atom is 0.220 e. The first-order chi connectivity index (χ1) is 9.16. The predicted octanol–water partition coefficient (Wildman–Crippen LogP) is 2.13. The number of para-hydroxylation sites is 1. The summed E-state index contributed by atoms with van der Waals surface area (Å²) < 4.78 is 5.39. The van der Waals surface area contributed by atoms with Gasteiger partial charge < -0.3 is 15.4 Å². The molecular weight excluding hydrogens is 240 g/mol. The molecule has 4 heteroatoms. The Morgan fingerprint density at radius 1 is 1.47 bits per heavy atom. The molecule has 1 unspecified atom stereocenters. The van der Waals surface area contributed by atoms with E-state index in [1.807, 2.05) is 26.0 Å². The third-order valence-electron chi connectivity index (χ3n) is 3.25. The Morgan fingerprint density at radius 2 is 2.26 bits per heavy atom. The minimum Gasteiger partial charge on any atom is -0.384 e. The first kappa shape index (κ1) is 13.9. The molecular formula is C15H22N2O2. The van der Waals surface area contributed by atoms with Crippen molar-refractivity contribution in [2.75, 3.05) is 25.0 Å². The molecule has 0 saturated heterocycles. The third-order valence-corrected chi connectivity index (χ3v) is 3.25. The molecule has 1 heterocycles. The van der Waals surface area contributed by atoms with E-state index < -0.39 is 0 Å². The minimum absolute atomic E-state index is 0.0934.